The van der Waals surface area contributed by atoms with E-state index < -0.39 is 0 Å². The third-order valence-electron chi connectivity index (χ3n) is 1.11. The van der Waals surface area contributed by atoms with E-state index in [1.165, 1.54) is 0 Å². The number of benzene rings is 1. The van der Waals surface area contributed by atoms with Crippen LogP contribution in [-0.2, 0) is 0 Å². The van der Waals surface area contributed by atoms with E-state index in [-0.39, 0.29) is 5.75 Å². The van der Waals surface area contributed by atoms with Crippen molar-refractivity contribution in [3.05, 3.63) is 21.1 Å². The fourth-order valence-corrected chi connectivity index (χ4v) is 1.70. The molecule has 0 aliphatic heterocycles. The first-order chi connectivity index (χ1) is 4.63. The summed E-state index contributed by atoms with van der Waals surface area (Å²) in [6, 6.07) is 3.42. The lowest BCUT2D eigenvalue weighted by molar-refractivity contribution is 0.479. The van der Waals surface area contributed by atoms with E-state index >= 15 is 0 Å². The second-order valence-electron chi connectivity index (χ2n) is 1.79. The lowest BCUT2D eigenvalue weighted by Gasteiger charge is -2.01. The summed E-state index contributed by atoms with van der Waals surface area (Å²) in [5, 5.41) is 9.93. The van der Waals surface area contributed by atoms with Crippen LogP contribution in [0.25, 0.3) is 0 Å². The number of aromatic hydroxyl groups is 1. The zero-order valence-corrected chi connectivity index (χ0v) is 9.26. The van der Waals surface area contributed by atoms with Gasteiger partial charge in [0, 0.05) is 14.2 Å². The summed E-state index contributed by atoms with van der Waals surface area (Å²) in [6.45, 7) is 0. The molecule has 1 N–H and O–H groups in total. The smallest absolute Gasteiger partial charge is 0.123 e. The van der Waals surface area contributed by atoms with Crippen LogP contribution in [-0.4, -0.2) is 5.11 Å². The zero-order valence-electron chi connectivity index (χ0n) is 4.94. The van der Waals surface area contributed by atoms with Gasteiger partial charge in [0.05, 0.1) is 0 Å². The predicted octanol–water partition coefficient (Wildman–Crippen LogP) is 2.42. The largest absolute Gasteiger partial charge is 0.507 e. The van der Waals surface area contributed by atoms with Crippen molar-refractivity contribution in [2.45, 2.75) is 0 Å². The van der Waals surface area contributed by atoms with E-state index in [2.05, 4.69) is 41.1 Å². The molecule has 1 rings (SSSR count). The van der Waals surface area contributed by atoms with Gasteiger partial charge in [-0.2, -0.15) is 0 Å². The van der Waals surface area contributed by atoms with Crippen LogP contribution < -0.4 is 5.30 Å². The van der Waals surface area contributed by atoms with Gasteiger partial charge in [-0.1, -0.05) is 0 Å². The van der Waals surface area contributed by atoms with Gasteiger partial charge >= 0.3 is 0 Å². The average molecular weight is 284 g/mol. The first-order valence-corrected chi connectivity index (χ1v) is 4.71. The molecule has 0 saturated carbocycles. The lowest BCUT2D eigenvalue weighted by Crippen LogP contribution is -1.93. The molecule has 0 aliphatic rings. The van der Waals surface area contributed by atoms with Crippen molar-refractivity contribution in [1.29, 1.82) is 0 Å². The van der Waals surface area contributed by atoms with Crippen LogP contribution >= 0.6 is 41.1 Å². The Bertz CT molecular complexity index is 235. The Labute approximate surface area is 78.3 Å². The Morgan fingerprint density at radius 2 is 1.90 bits per heavy atom. The van der Waals surface area contributed by atoms with E-state index in [0.29, 0.717) is 0 Å². The molecular weight excluding hydrogens is 279 g/mol. The number of phenols is 1. The molecule has 1 nitrogen and oxygen atoms in total. The molecule has 1 aromatic carbocycles. The van der Waals surface area contributed by atoms with Crippen LogP contribution in [0.4, 0.5) is 0 Å². The molecule has 4 heteroatoms. The Morgan fingerprint density at radius 1 is 1.30 bits per heavy atom. The zero-order chi connectivity index (χ0) is 7.72. The van der Waals surface area contributed by atoms with Crippen molar-refractivity contribution in [2.75, 3.05) is 0 Å². The maximum Gasteiger partial charge on any atom is 0.123 e. The van der Waals surface area contributed by atoms with Crippen molar-refractivity contribution >= 4 is 46.4 Å². The first kappa shape index (κ1) is 8.51. The second-order valence-corrected chi connectivity index (χ2v) is 4.02. The highest BCUT2D eigenvalue weighted by molar-refractivity contribution is 9.13. The molecule has 0 aliphatic carbocycles. The lowest BCUT2D eigenvalue weighted by atomic mass is 10.3. The summed E-state index contributed by atoms with van der Waals surface area (Å²) in [5.41, 5.74) is 0. The van der Waals surface area contributed by atoms with Crippen molar-refractivity contribution < 1.29 is 5.11 Å². The topological polar surface area (TPSA) is 20.2 Å². The van der Waals surface area contributed by atoms with Crippen molar-refractivity contribution in [2.24, 2.45) is 0 Å². The monoisotopic (exact) mass is 282 g/mol. The summed E-state index contributed by atoms with van der Waals surface area (Å²) in [7, 11) is 2.45. The molecule has 1 unspecified atom stereocenters. The van der Waals surface area contributed by atoms with Gasteiger partial charge in [-0.05, 0) is 44.0 Å². The van der Waals surface area contributed by atoms with Gasteiger partial charge in [0.2, 0.25) is 0 Å². The Kier molecular flexibility index (Phi) is 2.73. The van der Waals surface area contributed by atoms with E-state index in [1.807, 2.05) is 0 Å². The van der Waals surface area contributed by atoms with Gasteiger partial charge in [-0.15, -0.1) is 9.24 Å². The molecule has 0 fully saturated rings. The third-order valence-corrected chi connectivity index (χ3v) is 4.16. The quantitative estimate of drug-likeness (QED) is 0.725. The van der Waals surface area contributed by atoms with E-state index in [4.69, 9.17) is 5.11 Å². The van der Waals surface area contributed by atoms with Crippen LogP contribution in [0.5, 0.6) is 5.75 Å². The normalized spacial score (nSPS) is 9.90. The summed E-state index contributed by atoms with van der Waals surface area (Å²) in [5.74, 6) is 0.278. The standard InChI is InChI=1S/C6H5Br2OP/c7-3-1-2-4(9)6(10)5(3)8/h1-2,9H,10H2. The van der Waals surface area contributed by atoms with Crippen LogP contribution in [0.2, 0.25) is 0 Å². The summed E-state index contributed by atoms with van der Waals surface area (Å²) in [4.78, 5) is 0. The third kappa shape index (κ3) is 1.52. The van der Waals surface area contributed by atoms with Gasteiger partial charge in [0.15, 0.2) is 0 Å². The van der Waals surface area contributed by atoms with Crippen LogP contribution in [0.3, 0.4) is 0 Å². The SMILES string of the molecule is Oc1ccc(Br)c(Br)c1P. The average Bonchev–Trinajstić information content (AvgIpc) is 1.93. The minimum Gasteiger partial charge on any atom is -0.507 e. The molecule has 0 saturated heterocycles. The molecule has 1 aromatic rings. The summed E-state index contributed by atoms with van der Waals surface area (Å²) < 4.78 is 1.81. The fourth-order valence-electron chi connectivity index (χ4n) is 0.556. The second kappa shape index (κ2) is 3.21. The summed E-state index contributed by atoms with van der Waals surface area (Å²) in [6.07, 6.45) is 0. The fraction of sp³-hybridized carbons (Fsp3) is 0. The van der Waals surface area contributed by atoms with Crippen molar-refractivity contribution in [3.63, 3.8) is 0 Å². The maximum absolute atomic E-state index is 9.15. The van der Waals surface area contributed by atoms with Crippen LogP contribution in [0.1, 0.15) is 0 Å². The molecule has 0 amide bonds. The van der Waals surface area contributed by atoms with Gasteiger partial charge in [-0.25, -0.2) is 0 Å². The van der Waals surface area contributed by atoms with E-state index in [9.17, 15) is 0 Å². The number of halogens is 2. The minimum absolute atomic E-state index is 0.278. The molecule has 0 bridgehead atoms. The molecule has 0 radical (unpaired) electrons. The molecule has 0 spiro atoms. The number of rotatable bonds is 0. The number of hydrogen-bond acceptors (Lipinski definition) is 1. The first-order valence-electron chi connectivity index (χ1n) is 2.55. The van der Waals surface area contributed by atoms with E-state index in [1.54, 1.807) is 12.1 Å². The maximum atomic E-state index is 9.15. The highest BCUT2D eigenvalue weighted by Crippen LogP contribution is 2.26. The molecule has 1 atom stereocenters. The Hall–Kier alpha value is 0.410. The van der Waals surface area contributed by atoms with Crippen molar-refractivity contribution in [3.8, 4) is 5.75 Å². The highest BCUT2D eigenvalue weighted by Gasteiger charge is 2.03. The predicted molar refractivity (Wildman–Crippen MR) is 52.9 cm³/mol. The molecule has 10 heavy (non-hydrogen) atoms. The van der Waals surface area contributed by atoms with E-state index in [0.717, 1.165) is 14.2 Å². The summed E-state index contributed by atoms with van der Waals surface area (Å²) >= 11 is 6.61. The Balaban J connectivity index is 3.34. The molecule has 0 heterocycles. The minimum atomic E-state index is 0.278. The van der Waals surface area contributed by atoms with Gasteiger partial charge in [0.1, 0.15) is 5.75 Å². The molecule has 54 valence electrons. The Morgan fingerprint density at radius 3 is 2.40 bits per heavy atom. The van der Waals surface area contributed by atoms with Gasteiger partial charge < -0.3 is 5.11 Å². The van der Waals surface area contributed by atoms with Crippen molar-refractivity contribution in [1.82, 2.24) is 0 Å². The van der Waals surface area contributed by atoms with Crippen LogP contribution in [0, 0.1) is 0 Å². The van der Waals surface area contributed by atoms with Gasteiger partial charge in [-0.3, -0.25) is 0 Å². The molecule has 0 aromatic heterocycles. The molecular formula is C6H5Br2OP. The highest BCUT2D eigenvalue weighted by atomic mass is 79.9. The van der Waals surface area contributed by atoms with Gasteiger partial charge in [0.25, 0.3) is 0 Å². The number of hydrogen-bond donors (Lipinski definition) is 1. The number of phenolic OH excluding ortho intramolecular Hbond substituents is 1. The van der Waals surface area contributed by atoms with Crippen LogP contribution in [0.15, 0.2) is 21.1 Å².